The molecular weight excluding hydrogens is 424 g/mol. The predicted molar refractivity (Wildman–Crippen MR) is 109 cm³/mol. The van der Waals surface area contributed by atoms with Gasteiger partial charge >= 0.3 is 5.97 Å². The zero-order chi connectivity index (χ0) is 19.9. The van der Waals surface area contributed by atoms with Crippen LogP contribution in [-0.4, -0.2) is 11.9 Å². The molecule has 0 spiro atoms. The molecule has 3 aromatic rings. The number of carbonyl (C=O) groups excluding carboxylic acids is 2. The van der Waals surface area contributed by atoms with Crippen LogP contribution in [-0.2, 0) is 4.84 Å². The summed E-state index contributed by atoms with van der Waals surface area (Å²) < 4.78 is 0.871. The van der Waals surface area contributed by atoms with E-state index in [1.54, 1.807) is 72.8 Å². The molecule has 0 saturated heterocycles. The Hall–Kier alpha value is -3.52. The lowest BCUT2D eigenvalue weighted by molar-refractivity contribution is 0.0596. The molecule has 0 bridgehead atoms. The molecule has 140 valence electrons. The van der Waals surface area contributed by atoms with E-state index in [9.17, 15) is 9.59 Å². The molecule has 0 radical (unpaired) electrons. The molecule has 0 aliphatic heterocycles. The summed E-state index contributed by atoms with van der Waals surface area (Å²) in [6.45, 7) is 0. The van der Waals surface area contributed by atoms with Crippen LogP contribution in [0, 0.1) is 0 Å². The van der Waals surface area contributed by atoms with Crippen LogP contribution in [0.25, 0.3) is 0 Å². The first-order valence-electron chi connectivity index (χ1n) is 8.16. The molecule has 7 nitrogen and oxygen atoms in total. The molecule has 3 aromatic carbocycles. The molecule has 28 heavy (non-hydrogen) atoms. The van der Waals surface area contributed by atoms with Crippen molar-refractivity contribution in [2.75, 3.05) is 11.2 Å². The number of para-hydroxylation sites is 1. The van der Waals surface area contributed by atoms with Gasteiger partial charge in [-0.15, -0.1) is 10.2 Å². The van der Waals surface area contributed by atoms with Crippen LogP contribution >= 0.6 is 15.9 Å². The zero-order valence-corrected chi connectivity index (χ0v) is 16.1. The predicted octanol–water partition coefficient (Wildman–Crippen LogP) is 5.14. The number of carbonyl (C=O) groups is 2. The third kappa shape index (κ3) is 5.01. The van der Waals surface area contributed by atoms with Crippen LogP contribution in [0.3, 0.4) is 0 Å². The van der Waals surface area contributed by atoms with Crippen molar-refractivity contribution in [3.05, 3.63) is 88.4 Å². The maximum absolute atomic E-state index is 12.0. The Morgan fingerprint density at radius 2 is 1.61 bits per heavy atom. The average Bonchev–Trinajstić information content (AvgIpc) is 2.72. The number of hydrogen-bond donors (Lipinski definition) is 2. The van der Waals surface area contributed by atoms with Crippen LogP contribution in [0.2, 0.25) is 0 Å². The second kappa shape index (κ2) is 8.92. The number of nitrogens with zero attached hydrogens (tertiary/aromatic N) is 2. The van der Waals surface area contributed by atoms with Gasteiger partial charge < -0.3 is 10.6 Å². The first-order valence-corrected chi connectivity index (χ1v) is 8.95. The van der Waals surface area contributed by atoms with E-state index in [-0.39, 0.29) is 0 Å². The van der Waals surface area contributed by atoms with E-state index in [4.69, 9.17) is 10.6 Å². The minimum absolute atomic E-state index is 0.296. The molecule has 1 amide bonds. The van der Waals surface area contributed by atoms with E-state index in [0.29, 0.717) is 28.2 Å². The lowest BCUT2D eigenvalue weighted by Crippen LogP contribution is -2.10. The number of azo groups is 1. The van der Waals surface area contributed by atoms with Gasteiger partial charge in [0.05, 0.1) is 22.5 Å². The van der Waals surface area contributed by atoms with Crippen molar-refractivity contribution in [1.82, 2.24) is 0 Å². The molecule has 0 atom stereocenters. The summed E-state index contributed by atoms with van der Waals surface area (Å²) >= 11 is 3.30. The van der Waals surface area contributed by atoms with Gasteiger partial charge in [-0.2, -0.15) is 0 Å². The number of nitrogens with two attached hydrogens (primary N) is 1. The highest BCUT2D eigenvalue weighted by Crippen LogP contribution is 2.19. The zero-order valence-electron chi connectivity index (χ0n) is 14.5. The summed E-state index contributed by atoms with van der Waals surface area (Å²) in [5, 5.41) is 7.57. The second-order valence-corrected chi connectivity index (χ2v) is 6.55. The molecular formula is C20H15BrN4O3. The average molecular weight is 439 g/mol. The molecule has 0 aliphatic carbocycles. The minimum atomic E-state index is -0.524. The number of rotatable bonds is 5. The second-order valence-electron chi connectivity index (χ2n) is 5.64. The molecule has 0 heterocycles. The van der Waals surface area contributed by atoms with Gasteiger partial charge in [0.1, 0.15) is 0 Å². The van der Waals surface area contributed by atoms with Gasteiger partial charge in [-0.1, -0.05) is 28.1 Å². The number of anilines is 2. The van der Waals surface area contributed by atoms with Crippen LogP contribution in [0.4, 0.5) is 17.1 Å². The molecule has 0 aliphatic rings. The van der Waals surface area contributed by atoms with Crippen molar-refractivity contribution in [2.45, 2.75) is 0 Å². The normalized spacial score (nSPS) is 10.6. The number of halogens is 1. The highest BCUT2D eigenvalue weighted by molar-refractivity contribution is 9.10. The third-order valence-corrected chi connectivity index (χ3v) is 4.18. The van der Waals surface area contributed by atoms with E-state index in [2.05, 4.69) is 31.6 Å². The molecule has 8 heteroatoms. The van der Waals surface area contributed by atoms with E-state index in [1.807, 2.05) is 0 Å². The Labute approximate surface area is 169 Å². The van der Waals surface area contributed by atoms with Crippen molar-refractivity contribution >= 4 is 44.9 Å². The Kier molecular flexibility index (Phi) is 6.13. The van der Waals surface area contributed by atoms with Gasteiger partial charge in [0, 0.05) is 10.2 Å². The topological polar surface area (TPSA) is 106 Å². The van der Waals surface area contributed by atoms with Crippen LogP contribution in [0.5, 0.6) is 0 Å². The van der Waals surface area contributed by atoms with Gasteiger partial charge in [0.15, 0.2) is 0 Å². The van der Waals surface area contributed by atoms with Gasteiger partial charge in [0.2, 0.25) is 0 Å². The molecule has 0 unspecified atom stereocenters. The van der Waals surface area contributed by atoms with Crippen molar-refractivity contribution in [2.24, 2.45) is 10.2 Å². The molecule has 0 saturated carbocycles. The SMILES string of the molecule is Nc1ccccc1C(=O)N=Nc1ccc(NOC(=O)c2ccc(Br)cc2)cc1. The van der Waals surface area contributed by atoms with Crippen molar-refractivity contribution in [3.8, 4) is 0 Å². The Morgan fingerprint density at radius 1 is 0.929 bits per heavy atom. The highest BCUT2D eigenvalue weighted by Gasteiger charge is 2.08. The molecule has 3 rings (SSSR count). The van der Waals surface area contributed by atoms with Gasteiger partial charge in [-0.25, -0.2) is 10.3 Å². The number of nitrogens with one attached hydrogen (secondary N) is 1. The van der Waals surface area contributed by atoms with Crippen LogP contribution < -0.4 is 11.2 Å². The Bertz CT molecular complexity index is 1020. The van der Waals surface area contributed by atoms with Gasteiger partial charge in [0.25, 0.3) is 5.91 Å². The number of nitrogen functional groups attached to an aromatic ring is 1. The molecule has 0 aromatic heterocycles. The molecule has 0 fully saturated rings. The van der Waals surface area contributed by atoms with Crippen molar-refractivity contribution in [1.29, 1.82) is 0 Å². The van der Waals surface area contributed by atoms with Crippen molar-refractivity contribution in [3.63, 3.8) is 0 Å². The van der Waals surface area contributed by atoms with E-state index in [0.717, 1.165) is 4.47 Å². The minimum Gasteiger partial charge on any atom is -0.398 e. The van der Waals surface area contributed by atoms with Crippen LogP contribution in [0.15, 0.2) is 87.5 Å². The monoisotopic (exact) mass is 438 g/mol. The van der Waals surface area contributed by atoms with Crippen molar-refractivity contribution < 1.29 is 14.4 Å². The smallest absolute Gasteiger partial charge is 0.362 e. The fourth-order valence-electron chi connectivity index (χ4n) is 2.20. The molecule has 3 N–H and O–H groups in total. The maximum atomic E-state index is 12.0. The lowest BCUT2D eigenvalue weighted by atomic mass is 10.2. The fraction of sp³-hybridized carbons (Fsp3) is 0. The number of amides is 1. The first kappa shape index (κ1) is 19.2. The summed E-state index contributed by atoms with van der Waals surface area (Å²) in [5.41, 5.74) is 10.4. The largest absolute Gasteiger partial charge is 0.398 e. The standard InChI is InChI=1S/C20H15BrN4O3/c21-14-7-5-13(6-8-14)20(27)28-25-16-11-9-15(10-12-16)23-24-19(26)17-3-1-2-4-18(17)22/h1-12,25H,22H2. The highest BCUT2D eigenvalue weighted by atomic mass is 79.9. The van der Waals surface area contributed by atoms with Crippen LogP contribution in [0.1, 0.15) is 20.7 Å². The first-order chi connectivity index (χ1) is 13.5. The van der Waals surface area contributed by atoms with E-state index < -0.39 is 11.9 Å². The van der Waals surface area contributed by atoms with Gasteiger partial charge in [-0.05, 0) is 60.7 Å². The van der Waals surface area contributed by atoms with E-state index >= 15 is 0 Å². The third-order valence-electron chi connectivity index (χ3n) is 3.66. The number of benzene rings is 3. The summed E-state index contributed by atoms with van der Waals surface area (Å²) in [6, 6.07) is 20.0. The summed E-state index contributed by atoms with van der Waals surface area (Å²) in [6.07, 6.45) is 0. The quantitative estimate of drug-likeness (QED) is 0.325. The Balaban J connectivity index is 1.57. The van der Waals surface area contributed by atoms with Gasteiger partial charge in [-0.3, -0.25) is 4.79 Å². The summed E-state index contributed by atoms with van der Waals surface area (Å²) in [4.78, 5) is 29.0. The van der Waals surface area contributed by atoms with E-state index in [1.165, 1.54) is 0 Å². The Morgan fingerprint density at radius 3 is 2.29 bits per heavy atom. The number of hydrogen-bond acceptors (Lipinski definition) is 6. The fourth-order valence-corrected chi connectivity index (χ4v) is 2.46. The lowest BCUT2D eigenvalue weighted by Gasteiger charge is -2.07. The summed E-state index contributed by atoms with van der Waals surface area (Å²) in [7, 11) is 0. The maximum Gasteiger partial charge on any atom is 0.362 e. The summed E-state index contributed by atoms with van der Waals surface area (Å²) in [5.74, 6) is -1.04.